The minimum atomic E-state index is -1.03. The molecule has 2 rings (SSSR count). The van der Waals surface area contributed by atoms with Gasteiger partial charge in [0, 0.05) is 36.7 Å². The van der Waals surface area contributed by atoms with Gasteiger partial charge in [-0.15, -0.1) is 0 Å². The van der Waals surface area contributed by atoms with E-state index in [9.17, 15) is 14.4 Å². The van der Waals surface area contributed by atoms with E-state index in [0.29, 0.717) is 31.6 Å². The van der Waals surface area contributed by atoms with Crippen molar-refractivity contribution in [3.8, 4) is 0 Å². The third kappa shape index (κ3) is 4.77. The molecule has 0 bridgehead atoms. The van der Waals surface area contributed by atoms with E-state index in [2.05, 4.69) is 20.9 Å². The van der Waals surface area contributed by atoms with Crippen LogP contribution in [0.5, 0.6) is 0 Å². The van der Waals surface area contributed by atoms with Crippen LogP contribution < -0.4 is 0 Å². The fourth-order valence-electron chi connectivity index (χ4n) is 2.90. The number of carboxylic acid groups (broad SMARTS) is 1. The van der Waals surface area contributed by atoms with Crippen molar-refractivity contribution < 1.29 is 19.5 Å². The molecule has 1 aliphatic rings. The van der Waals surface area contributed by atoms with Crippen LogP contribution in [-0.2, 0) is 9.59 Å². The molecule has 0 saturated carbocycles. The molecule has 1 unspecified atom stereocenters. The van der Waals surface area contributed by atoms with Crippen LogP contribution in [0.3, 0.4) is 0 Å². The molecular formula is C16H20BrN3O4. The Morgan fingerprint density at radius 1 is 1.33 bits per heavy atom. The summed E-state index contributed by atoms with van der Waals surface area (Å²) in [4.78, 5) is 42.4. The monoisotopic (exact) mass is 397 g/mol. The average molecular weight is 398 g/mol. The quantitative estimate of drug-likeness (QED) is 0.835. The van der Waals surface area contributed by atoms with E-state index in [1.165, 1.54) is 11.8 Å². The predicted molar refractivity (Wildman–Crippen MR) is 90.5 cm³/mol. The summed E-state index contributed by atoms with van der Waals surface area (Å²) in [5.41, 5.74) is 0.380. The molecule has 2 heterocycles. The van der Waals surface area contributed by atoms with E-state index < -0.39 is 5.97 Å². The summed E-state index contributed by atoms with van der Waals surface area (Å²) in [6.07, 6.45) is 3.55. The zero-order chi connectivity index (χ0) is 17.7. The number of pyridine rings is 1. The molecule has 1 atom stereocenters. The van der Waals surface area contributed by atoms with Crippen molar-refractivity contribution >= 4 is 33.7 Å². The molecule has 0 radical (unpaired) electrons. The molecule has 1 fully saturated rings. The highest BCUT2D eigenvalue weighted by Crippen LogP contribution is 2.19. The Kier molecular flexibility index (Phi) is 6.30. The molecule has 24 heavy (non-hydrogen) atoms. The van der Waals surface area contributed by atoms with Gasteiger partial charge in [0.1, 0.15) is 12.2 Å². The van der Waals surface area contributed by atoms with E-state index in [1.807, 2.05) is 0 Å². The Bertz CT molecular complexity index is 620. The lowest BCUT2D eigenvalue weighted by atomic mass is 10.1. The number of carbonyl (C=O) groups excluding carboxylic acids is 2. The first-order valence-electron chi connectivity index (χ1n) is 7.78. The van der Waals surface area contributed by atoms with Gasteiger partial charge in [-0.3, -0.25) is 14.4 Å². The Balaban J connectivity index is 2.03. The molecule has 0 aromatic carbocycles. The molecule has 1 saturated heterocycles. The maximum absolute atomic E-state index is 12.5. The Hall–Kier alpha value is -1.96. The number of hydrogen-bond acceptors (Lipinski definition) is 4. The van der Waals surface area contributed by atoms with Gasteiger partial charge in [0.15, 0.2) is 0 Å². The van der Waals surface area contributed by atoms with E-state index >= 15 is 0 Å². The lowest BCUT2D eigenvalue weighted by molar-refractivity contribution is -0.145. The second kappa shape index (κ2) is 8.23. The molecule has 7 nitrogen and oxygen atoms in total. The predicted octanol–water partition coefficient (Wildman–Crippen LogP) is 1.77. The Labute approximate surface area is 148 Å². The summed E-state index contributed by atoms with van der Waals surface area (Å²) in [6, 6.07) is 3.28. The fourth-order valence-corrected chi connectivity index (χ4v) is 3.14. The zero-order valence-corrected chi connectivity index (χ0v) is 15.0. The number of hydrogen-bond donors (Lipinski definition) is 1. The number of nitrogens with zero attached hydrogens (tertiary/aromatic N) is 3. The summed E-state index contributed by atoms with van der Waals surface area (Å²) >= 11 is 3.29. The van der Waals surface area contributed by atoms with Crippen LogP contribution in [0.15, 0.2) is 22.8 Å². The Morgan fingerprint density at radius 3 is 2.67 bits per heavy atom. The molecule has 1 N–H and O–H groups in total. The molecule has 8 heteroatoms. The van der Waals surface area contributed by atoms with Crippen molar-refractivity contribution in [3.05, 3.63) is 28.5 Å². The van der Waals surface area contributed by atoms with Crippen molar-refractivity contribution in [2.75, 3.05) is 19.6 Å². The van der Waals surface area contributed by atoms with Gasteiger partial charge >= 0.3 is 5.97 Å². The summed E-state index contributed by atoms with van der Waals surface area (Å²) in [7, 11) is 0. The molecule has 130 valence electrons. The highest BCUT2D eigenvalue weighted by atomic mass is 79.9. The number of carbonyl (C=O) groups is 3. The third-order valence-corrected chi connectivity index (χ3v) is 4.55. The van der Waals surface area contributed by atoms with Crippen LogP contribution in [0.4, 0.5) is 0 Å². The van der Waals surface area contributed by atoms with Gasteiger partial charge in [-0.25, -0.2) is 4.98 Å². The van der Waals surface area contributed by atoms with Gasteiger partial charge in [-0.2, -0.15) is 0 Å². The van der Waals surface area contributed by atoms with Crippen LogP contribution in [0.2, 0.25) is 0 Å². The smallest absolute Gasteiger partial charge is 0.323 e. The van der Waals surface area contributed by atoms with Crippen LogP contribution >= 0.6 is 15.9 Å². The van der Waals surface area contributed by atoms with Gasteiger partial charge < -0.3 is 14.9 Å². The van der Waals surface area contributed by atoms with E-state index in [0.717, 1.165) is 10.9 Å². The summed E-state index contributed by atoms with van der Waals surface area (Å²) in [6.45, 7) is 2.13. The molecular weight excluding hydrogens is 378 g/mol. The van der Waals surface area contributed by atoms with Crippen molar-refractivity contribution in [2.24, 2.45) is 0 Å². The molecule has 0 aliphatic carbocycles. The first-order chi connectivity index (χ1) is 11.4. The summed E-state index contributed by atoms with van der Waals surface area (Å²) in [5, 5.41) is 8.97. The number of amides is 2. The number of aromatic nitrogens is 1. The van der Waals surface area contributed by atoms with E-state index in [1.54, 1.807) is 23.2 Å². The Morgan fingerprint density at radius 2 is 2.08 bits per heavy atom. The topological polar surface area (TPSA) is 90.8 Å². The average Bonchev–Trinajstić information content (AvgIpc) is 2.78. The number of rotatable bonds is 4. The largest absolute Gasteiger partial charge is 0.480 e. The summed E-state index contributed by atoms with van der Waals surface area (Å²) in [5.74, 6) is -1.42. The van der Waals surface area contributed by atoms with E-state index in [-0.39, 0.29) is 24.4 Å². The number of carboxylic acids is 1. The van der Waals surface area contributed by atoms with Crippen molar-refractivity contribution in [3.63, 3.8) is 0 Å². The zero-order valence-electron chi connectivity index (χ0n) is 13.4. The number of aliphatic carboxylic acids is 1. The van der Waals surface area contributed by atoms with Gasteiger partial charge in [-0.05, 0) is 47.3 Å². The van der Waals surface area contributed by atoms with Gasteiger partial charge in [-0.1, -0.05) is 0 Å². The van der Waals surface area contributed by atoms with Gasteiger partial charge in [0.05, 0.1) is 0 Å². The van der Waals surface area contributed by atoms with Crippen LogP contribution in [0, 0.1) is 0 Å². The van der Waals surface area contributed by atoms with Gasteiger partial charge in [0.2, 0.25) is 5.91 Å². The van der Waals surface area contributed by atoms with Crippen LogP contribution in [-0.4, -0.2) is 63.4 Å². The van der Waals surface area contributed by atoms with Crippen LogP contribution in [0.25, 0.3) is 0 Å². The first-order valence-corrected chi connectivity index (χ1v) is 8.57. The highest BCUT2D eigenvalue weighted by molar-refractivity contribution is 9.10. The number of halogens is 1. The summed E-state index contributed by atoms with van der Waals surface area (Å²) < 4.78 is 0.806. The molecule has 1 aliphatic heterocycles. The highest BCUT2D eigenvalue weighted by Gasteiger charge is 2.28. The minimum absolute atomic E-state index is 0.143. The maximum Gasteiger partial charge on any atom is 0.323 e. The number of likely N-dealkylation sites (tertiary alicyclic amines) is 1. The molecule has 0 spiro atoms. The second-order valence-corrected chi connectivity index (χ2v) is 6.69. The molecule has 2 amide bonds. The minimum Gasteiger partial charge on any atom is -0.480 e. The lowest BCUT2D eigenvalue weighted by Gasteiger charge is -2.28. The second-order valence-electron chi connectivity index (χ2n) is 5.78. The maximum atomic E-state index is 12.5. The standard InChI is InChI=1S/C16H20BrN3O4/c1-11(21)20(10-15(22)23)13-3-2-7-19(8-6-13)16(24)14-5-4-12(17)9-18-14/h4-5,9,13H,2-3,6-8,10H2,1H3,(H,22,23). The van der Waals surface area contributed by atoms with E-state index in [4.69, 9.17) is 5.11 Å². The first kappa shape index (κ1) is 18.4. The SMILES string of the molecule is CC(=O)N(CC(=O)O)C1CCCN(C(=O)c2ccc(Br)cn2)CC1. The lowest BCUT2D eigenvalue weighted by Crippen LogP contribution is -2.43. The van der Waals surface area contributed by atoms with Crippen molar-refractivity contribution in [2.45, 2.75) is 32.2 Å². The van der Waals surface area contributed by atoms with Crippen LogP contribution in [0.1, 0.15) is 36.7 Å². The van der Waals surface area contributed by atoms with Gasteiger partial charge in [0.25, 0.3) is 5.91 Å². The normalized spacial score (nSPS) is 17.9. The third-order valence-electron chi connectivity index (χ3n) is 4.08. The fraction of sp³-hybridized carbons (Fsp3) is 0.500. The van der Waals surface area contributed by atoms with Crippen molar-refractivity contribution in [1.82, 2.24) is 14.8 Å². The molecule has 1 aromatic heterocycles. The molecule has 1 aromatic rings. The van der Waals surface area contributed by atoms with Crippen molar-refractivity contribution in [1.29, 1.82) is 0 Å².